The van der Waals surface area contributed by atoms with E-state index in [4.69, 9.17) is 10.5 Å². The summed E-state index contributed by atoms with van der Waals surface area (Å²) in [5.74, 6) is 0.536. The first kappa shape index (κ1) is 8.56. The van der Waals surface area contributed by atoms with Crippen LogP contribution in [0.2, 0.25) is 0 Å². The predicted octanol–water partition coefficient (Wildman–Crippen LogP) is -0.299. The highest BCUT2D eigenvalue weighted by molar-refractivity contribution is 5.13. The van der Waals surface area contributed by atoms with Crippen molar-refractivity contribution in [1.82, 2.24) is 0 Å². The van der Waals surface area contributed by atoms with Gasteiger partial charge in [0.15, 0.2) is 0 Å². The van der Waals surface area contributed by atoms with E-state index in [9.17, 15) is 0 Å². The molecule has 0 aromatic rings. The molecule has 1 rings (SSSR count). The van der Waals surface area contributed by atoms with Gasteiger partial charge in [-0.3, -0.25) is 0 Å². The summed E-state index contributed by atoms with van der Waals surface area (Å²) in [5.41, 5.74) is 10.5. The number of hydrogen-bond acceptors (Lipinski definition) is 2. The number of hydrogen-bond donors (Lipinski definition) is 2. The molecule has 0 spiro atoms. The molecule has 5 N–H and O–H groups in total. The van der Waals surface area contributed by atoms with Crippen LogP contribution in [0.15, 0.2) is 11.9 Å². The highest BCUT2D eigenvalue weighted by Gasteiger charge is 2.44. The fraction of sp³-hybridized carbons (Fsp3) is 0.750. The fourth-order valence-corrected chi connectivity index (χ4v) is 1.36. The van der Waals surface area contributed by atoms with Crippen molar-refractivity contribution in [2.75, 3.05) is 13.2 Å². The second-order valence-electron chi connectivity index (χ2n) is 3.46. The molecule has 64 valence electrons. The average molecular weight is 157 g/mol. The summed E-state index contributed by atoms with van der Waals surface area (Å²) in [7, 11) is 0. The van der Waals surface area contributed by atoms with Crippen LogP contribution in [0, 0.1) is 11.3 Å². The minimum Gasteiger partial charge on any atom is -0.397 e. The van der Waals surface area contributed by atoms with Gasteiger partial charge in [-0.2, -0.15) is 0 Å². The van der Waals surface area contributed by atoms with Crippen molar-refractivity contribution in [2.45, 2.75) is 13.8 Å². The average Bonchev–Trinajstić information content (AvgIpc) is 1.84. The molecule has 1 aliphatic rings. The smallest absolute Gasteiger partial charge is 0.111 e. The molecule has 0 unspecified atom stereocenters. The molecular weight excluding hydrogens is 140 g/mol. The summed E-state index contributed by atoms with van der Waals surface area (Å²) < 4.78 is 5.17. The Morgan fingerprint density at radius 3 is 2.27 bits per heavy atom. The van der Waals surface area contributed by atoms with E-state index in [0.29, 0.717) is 5.92 Å². The maximum Gasteiger partial charge on any atom is 0.111 e. The summed E-state index contributed by atoms with van der Waals surface area (Å²) in [6.45, 7) is 5.84. The van der Waals surface area contributed by atoms with Crippen LogP contribution in [0.1, 0.15) is 13.8 Å². The van der Waals surface area contributed by atoms with Gasteiger partial charge in [-0.1, -0.05) is 13.8 Å². The van der Waals surface area contributed by atoms with Crippen LogP contribution in [0.3, 0.4) is 0 Å². The third-order valence-electron chi connectivity index (χ3n) is 2.62. The van der Waals surface area contributed by atoms with Gasteiger partial charge in [-0.25, -0.2) is 0 Å². The van der Waals surface area contributed by atoms with Gasteiger partial charge >= 0.3 is 0 Å². The zero-order chi connectivity index (χ0) is 8.48. The number of rotatable bonds is 2. The van der Waals surface area contributed by atoms with E-state index in [1.54, 1.807) is 6.20 Å². The summed E-state index contributed by atoms with van der Waals surface area (Å²) >= 11 is 0. The topological polar surface area (TPSA) is 62.9 Å². The van der Waals surface area contributed by atoms with Crippen LogP contribution < -0.4 is 11.5 Å². The monoisotopic (exact) mass is 157 g/mol. The van der Waals surface area contributed by atoms with Gasteiger partial charge in [0.2, 0.25) is 0 Å². The first-order chi connectivity index (χ1) is 5.13. The standard InChI is InChI=1S/C8H16N2O/c1-6(2)8(4-11-5-8)7(10)3-9/h3,6H,4-5,9-10H2,1-2H3/p+1. The second-order valence-corrected chi connectivity index (χ2v) is 3.46. The molecule has 0 aromatic carbocycles. The Hall–Kier alpha value is -0.540. The van der Waals surface area contributed by atoms with Crippen LogP contribution in [-0.4, -0.2) is 13.2 Å². The lowest BCUT2D eigenvalue weighted by atomic mass is 9.73. The van der Waals surface area contributed by atoms with Gasteiger partial charge in [0.25, 0.3) is 0 Å². The second kappa shape index (κ2) is 2.83. The van der Waals surface area contributed by atoms with E-state index in [1.165, 1.54) is 0 Å². The molecule has 3 nitrogen and oxygen atoms in total. The molecule has 0 aromatic heterocycles. The minimum atomic E-state index is 0.0851. The largest absolute Gasteiger partial charge is 0.397 e. The van der Waals surface area contributed by atoms with E-state index < -0.39 is 0 Å². The van der Waals surface area contributed by atoms with Crippen molar-refractivity contribution in [1.29, 1.82) is 0 Å². The molecule has 11 heavy (non-hydrogen) atoms. The van der Waals surface area contributed by atoms with Gasteiger partial charge in [-0.05, 0) is 5.92 Å². The zero-order valence-corrected chi connectivity index (χ0v) is 7.26. The van der Waals surface area contributed by atoms with E-state index in [-0.39, 0.29) is 5.41 Å². The Morgan fingerprint density at radius 1 is 1.64 bits per heavy atom. The van der Waals surface area contributed by atoms with Crippen LogP contribution in [-0.2, 0) is 4.74 Å². The number of quaternary nitrogens is 1. The summed E-state index contributed by atoms with van der Waals surface area (Å²) in [5, 5.41) is 0. The first-order valence-electron chi connectivity index (χ1n) is 3.96. The third kappa shape index (κ3) is 1.14. The van der Waals surface area contributed by atoms with E-state index in [2.05, 4.69) is 19.6 Å². The molecule has 1 aliphatic heterocycles. The van der Waals surface area contributed by atoms with E-state index in [0.717, 1.165) is 18.9 Å². The SMILES string of the molecule is CC(C)C1(C(N)=C[NH3+])COC1. The molecular formula is C8H17N2O+. The van der Waals surface area contributed by atoms with Crippen LogP contribution in [0.5, 0.6) is 0 Å². The lowest BCUT2D eigenvalue weighted by Crippen LogP contribution is -2.53. The molecule has 3 heteroatoms. The Morgan fingerprint density at radius 2 is 2.18 bits per heavy atom. The minimum absolute atomic E-state index is 0.0851. The van der Waals surface area contributed by atoms with Crippen molar-refractivity contribution in [2.24, 2.45) is 17.1 Å². The molecule has 0 aliphatic carbocycles. The van der Waals surface area contributed by atoms with Crippen molar-refractivity contribution in [3.8, 4) is 0 Å². The zero-order valence-electron chi connectivity index (χ0n) is 7.26. The maximum atomic E-state index is 5.83. The van der Waals surface area contributed by atoms with Gasteiger partial charge in [-0.15, -0.1) is 0 Å². The molecule has 1 fully saturated rings. The Balaban J connectivity index is 2.76. The molecule has 1 saturated heterocycles. The van der Waals surface area contributed by atoms with Gasteiger partial charge < -0.3 is 16.2 Å². The van der Waals surface area contributed by atoms with Crippen molar-refractivity contribution >= 4 is 0 Å². The van der Waals surface area contributed by atoms with Crippen LogP contribution in [0.25, 0.3) is 0 Å². The lowest BCUT2D eigenvalue weighted by Gasteiger charge is -2.44. The van der Waals surface area contributed by atoms with Gasteiger partial charge in [0.05, 0.1) is 24.3 Å². The quantitative estimate of drug-likeness (QED) is 0.578. The maximum absolute atomic E-state index is 5.83. The molecule has 0 atom stereocenters. The summed E-state index contributed by atoms with van der Waals surface area (Å²) in [4.78, 5) is 0. The van der Waals surface area contributed by atoms with Crippen molar-refractivity contribution in [3.63, 3.8) is 0 Å². The first-order valence-corrected chi connectivity index (χ1v) is 3.96. The molecule has 0 amide bonds. The van der Waals surface area contributed by atoms with Gasteiger partial charge in [0, 0.05) is 0 Å². The van der Waals surface area contributed by atoms with Crippen LogP contribution >= 0.6 is 0 Å². The van der Waals surface area contributed by atoms with Crippen molar-refractivity contribution < 1.29 is 10.5 Å². The molecule has 0 saturated carbocycles. The molecule has 1 heterocycles. The highest BCUT2D eigenvalue weighted by Crippen LogP contribution is 2.39. The van der Waals surface area contributed by atoms with Gasteiger partial charge in [0.1, 0.15) is 6.20 Å². The normalized spacial score (nSPS) is 23.5. The summed E-state index contributed by atoms with van der Waals surface area (Å²) in [6.07, 6.45) is 1.74. The van der Waals surface area contributed by atoms with Crippen molar-refractivity contribution in [3.05, 3.63) is 11.9 Å². The van der Waals surface area contributed by atoms with Crippen LogP contribution in [0.4, 0.5) is 0 Å². The number of ether oxygens (including phenoxy) is 1. The fourth-order valence-electron chi connectivity index (χ4n) is 1.36. The lowest BCUT2D eigenvalue weighted by molar-refractivity contribution is -0.279. The number of nitrogens with two attached hydrogens (primary N) is 1. The highest BCUT2D eigenvalue weighted by atomic mass is 16.5. The Kier molecular flexibility index (Phi) is 2.20. The third-order valence-corrected chi connectivity index (χ3v) is 2.62. The van der Waals surface area contributed by atoms with E-state index in [1.807, 2.05) is 0 Å². The summed E-state index contributed by atoms with van der Waals surface area (Å²) in [6, 6.07) is 0. The molecule has 0 radical (unpaired) electrons. The molecule has 0 bridgehead atoms. The Labute approximate surface area is 67.4 Å². The Bertz CT molecular complexity index is 171. The van der Waals surface area contributed by atoms with E-state index >= 15 is 0 Å². The predicted molar refractivity (Wildman–Crippen MR) is 43.2 cm³/mol.